The van der Waals surface area contributed by atoms with Crippen molar-refractivity contribution in [2.45, 2.75) is 6.92 Å². The summed E-state index contributed by atoms with van der Waals surface area (Å²) in [6.07, 6.45) is 0. The molecule has 0 unspecified atom stereocenters. The highest BCUT2D eigenvalue weighted by Gasteiger charge is 2.10. The molecule has 0 aliphatic carbocycles. The van der Waals surface area contributed by atoms with Crippen LogP contribution < -0.4 is 5.43 Å². The molecular formula is C23H18N4O2S. The lowest BCUT2D eigenvalue weighted by Gasteiger charge is -2.05. The molecular weight excluding hydrogens is 396 g/mol. The third-order valence-electron chi connectivity index (χ3n) is 4.59. The number of anilines is 1. The van der Waals surface area contributed by atoms with Gasteiger partial charge in [-0.15, -0.1) is 11.3 Å². The smallest absolute Gasteiger partial charge is 0.258 e. The molecule has 0 spiro atoms. The molecule has 0 atom stereocenters. The number of hydrazone groups is 1. The van der Waals surface area contributed by atoms with E-state index in [-0.39, 0.29) is 5.69 Å². The molecule has 0 aliphatic heterocycles. The van der Waals surface area contributed by atoms with Crippen molar-refractivity contribution in [3.63, 3.8) is 0 Å². The van der Waals surface area contributed by atoms with Crippen molar-refractivity contribution in [1.82, 2.24) is 4.98 Å². The fourth-order valence-electron chi connectivity index (χ4n) is 2.97. The van der Waals surface area contributed by atoms with Crippen LogP contribution in [-0.4, -0.2) is 15.6 Å². The van der Waals surface area contributed by atoms with Crippen LogP contribution in [0.2, 0.25) is 0 Å². The van der Waals surface area contributed by atoms with Gasteiger partial charge in [-0.1, -0.05) is 66.7 Å². The number of hydrogen-bond acceptors (Lipinski definition) is 6. The second kappa shape index (κ2) is 8.67. The average Bonchev–Trinajstić information content (AvgIpc) is 3.27. The number of thiazole rings is 1. The Morgan fingerprint density at radius 2 is 1.67 bits per heavy atom. The molecule has 1 heterocycles. The molecule has 0 saturated heterocycles. The molecule has 0 saturated carbocycles. The van der Waals surface area contributed by atoms with E-state index >= 15 is 0 Å². The summed E-state index contributed by atoms with van der Waals surface area (Å²) in [6, 6.07) is 24.9. The van der Waals surface area contributed by atoms with Gasteiger partial charge in [-0.2, -0.15) is 5.10 Å². The molecule has 4 aromatic rings. The van der Waals surface area contributed by atoms with Gasteiger partial charge in [-0.25, -0.2) is 4.98 Å². The number of aromatic nitrogens is 1. The van der Waals surface area contributed by atoms with Crippen LogP contribution in [0.4, 0.5) is 10.8 Å². The second-order valence-electron chi connectivity index (χ2n) is 6.60. The fraction of sp³-hybridized carbons (Fsp3) is 0.0435. The summed E-state index contributed by atoms with van der Waals surface area (Å²) in [6.45, 7) is 1.93. The zero-order valence-electron chi connectivity index (χ0n) is 16.1. The molecule has 4 rings (SSSR count). The van der Waals surface area contributed by atoms with E-state index in [9.17, 15) is 10.1 Å². The van der Waals surface area contributed by atoms with Crippen LogP contribution in [0.3, 0.4) is 0 Å². The molecule has 0 aliphatic rings. The van der Waals surface area contributed by atoms with Crippen molar-refractivity contribution in [2.24, 2.45) is 5.10 Å². The second-order valence-corrected chi connectivity index (χ2v) is 7.46. The minimum Gasteiger partial charge on any atom is -0.258 e. The van der Waals surface area contributed by atoms with Crippen LogP contribution in [0.25, 0.3) is 22.4 Å². The molecule has 6 nitrogen and oxygen atoms in total. The Morgan fingerprint density at radius 3 is 2.40 bits per heavy atom. The Bertz CT molecular complexity index is 1200. The predicted octanol–water partition coefficient (Wildman–Crippen LogP) is 6.22. The van der Waals surface area contributed by atoms with E-state index in [1.54, 1.807) is 12.1 Å². The lowest BCUT2D eigenvalue weighted by atomic mass is 10.0. The number of hydrogen-bond donors (Lipinski definition) is 1. The van der Waals surface area contributed by atoms with E-state index in [1.165, 1.54) is 29.0 Å². The monoisotopic (exact) mass is 414 g/mol. The molecule has 0 bridgehead atoms. The maximum atomic E-state index is 11.0. The summed E-state index contributed by atoms with van der Waals surface area (Å²) < 4.78 is 0. The number of non-ortho nitro benzene ring substituents is 1. The normalized spacial score (nSPS) is 11.3. The largest absolute Gasteiger partial charge is 0.270 e. The van der Waals surface area contributed by atoms with Gasteiger partial charge >= 0.3 is 0 Å². The number of rotatable bonds is 6. The van der Waals surface area contributed by atoms with Gasteiger partial charge in [0.15, 0.2) is 0 Å². The molecule has 0 amide bonds. The van der Waals surface area contributed by atoms with Crippen molar-refractivity contribution in [1.29, 1.82) is 0 Å². The maximum Gasteiger partial charge on any atom is 0.270 e. The van der Waals surface area contributed by atoms with Crippen LogP contribution in [0, 0.1) is 10.1 Å². The number of benzene rings is 3. The van der Waals surface area contributed by atoms with E-state index in [0.29, 0.717) is 16.4 Å². The molecule has 1 N–H and O–H groups in total. The highest BCUT2D eigenvalue weighted by Crippen LogP contribution is 2.27. The van der Waals surface area contributed by atoms with Crippen molar-refractivity contribution in [2.75, 3.05) is 5.43 Å². The summed E-state index contributed by atoms with van der Waals surface area (Å²) in [5.74, 6) is 0. The quantitative estimate of drug-likeness (QED) is 0.231. The lowest BCUT2D eigenvalue weighted by molar-refractivity contribution is -0.384. The predicted molar refractivity (Wildman–Crippen MR) is 122 cm³/mol. The Morgan fingerprint density at radius 1 is 0.967 bits per heavy atom. The fourth-order valence-corrected chi connectivity index (χ4v) is 3.63. The van der Waals surface area contributed by atoms with Gasteiger partial charge in [0.2, 0.25) is 5.13 Å². The maximum absolute atomic E-state index is 11.0. The van der Waals surface area contributed by atoms with Crippen molar-refractivity contribution in [3.8, 4) is 22.4 Å². The van der Waals surface area contributed by atoms with Crippen LogP contribution in [0.15, 0.2) is 89.3 Å². The molecule has 3 aromatic carbocycles. The van der Waals surface area contributed by atoms with Crippen molar-refractivity contribution < 1.29 is 4.92 Å². The van der Waals surface area contributed by atoms with Gasteiger partial charge < -0.3 is 0 Å². The third-order valence-corrected chi connectivity index (χ3v) is 5.33. The van der Waals surface area contributed by atoms with E-state index in [0.717, 1.165) is 16.8 Å². The van der Waals surface area contributed by atoms with Gasteiger partial charge in [0, 0.05) is 23.1 Å². The topological polar surface area (TPSA) is 80.4 Å². The van der Waals surface area contributed by atoms with Gasteiger partial charge in [-0.3, -0.25) is 15.5 Å². The first-order chi connectivity index (χ1) is 14.6. The lowest BCUT2D eigenvalue weighted by Crippen LogP contribution is -1.99. The van der Waals surface area contributed by atoms with Gasteiger partial charge in [0.25, 0.3) is 5.69 Å². The van der Waals surface area contributed by atoms with Gasteiger partial charge in [0.1, 0.15) is 0 Å². The zero-order valence-corrected chi connectivity index (χ0v) is 17.0. The average molecular weight is 414 g/mol. The Balaban J connectivity index is 1.46. The van der Waals surface area contributed by atoms with E-state index in [4.69, 9.17) is 0 Å². The standard InChI is InChI=1S/C23H18N4O2S/c1-16(17-10-12-19(13-11-17)18-6-3-2-4-7-18)25-26-23-24-22(15-30-23)20-8-5-9-21(14-20)27(28)29/h2-15H,1H3,(H,24,26)/b25-16-. The van der Waals surface area contributed by atoms with E-state index < -0.39 is 4.92 Å². The van der Waals surface area contributed by atoms with Crippen LogP contribution >= 0.6 is 11.3 Å². The van der Waals surface area contributed by atoms with Crippen molar-refractivity contribution >= 4 is 27.9 Å². The molecule has 148 valence electrons. The number of nitrogens with zero attached hydrogens (tertiary/aromatic N) is 3. The minimum atomic E-state index is -0.411. The number of nitro benzene ring substituents is 1. The van der Waals surface area contributed by atoms with E-state index in [2.05, 4.69) is 39.8 Å². The van der Waals surface area contributed by atoms with E-state index in [1.807, 2.05) is 42.6 Å². The summed E-state index contributed by atoms with van der Waals surface area (Å²) in [4.78, 5) is 15.0. The number of nitro groups is 1. The summed E-state index contributed by atoms with van der Waals surface area (Å²) in [7, 11) is 0. The number of nitrogens with one attached hydrogen (secondary N) is 1. The summed E-state index contributed by atoms with van der Waals surface area (Å²) in [5, 5.41) is 17.9. The summed E-state index contributed by atoms with van der Waals surface area (Å²) in [5.41, 5.74) is 8.57. The minimum absolute atomic E-state index is 0.0443. The first-order valence-corrected chi connectivity index (χ1v) is 10.1. The SMILES string of the molecule is C/C(=N/Nc1nc(-c2cccc([N+](=O)[O-])c2)cs1)c1ccc(-c2ccccc2)cc1. The first kappa shape index (κ1) is 19.5. The Kier molecular flexibility index (Phi) is 5.63. The first-order valence-electron chi connectivity index (χ1n) is 9.27. The molecule has 30 heavy (non-hydrogen) atoms. The molecule has 0 fully saturated rings. The third kappa shape index (κ3) is 4.42. The van der Waals surface area contributed by atoms with Gasteiger partial charge in [0.05, 0.1) is 16.3 Å². The molecule has 1 aromatic heterocycles. The van der Waals surface area contributed by atoms with Gasteiger partial charge in [-0.05, 0) is 23.6 Å². The molecule has 0 radical (unpaired) electrons. The molecule has 7 heteroatoms. The van der Waals surface area contributed by atoms with Crippen molar-refractivity contribution in [3.05, 3.63) is 99.9 Å². The Hall–Kier alpha value is -3.84. The highest BCUT2D eigenvalue weighted by atomic mass is 32.1. The van der Waals surface area contributed by atoms with Crippen LogP contribution in [0.5, 0.6) is 0 Å². The Labute approximate surface area is 177 Å². The van der Waals surface area contributed by atoms with Crippen LogP contribution in [0.1, 0.15) is 12.5 Å². The zero-order chi connectivity index (χ0) is 20.9. The highest BCUT2D eigenvalue weighted by molar-refractivity contribution is 7.14. The summed E-state index contributed by atoms with van der Waals surface area (Å²) >= 11 is 1.40. The van der Waals surface area contributed by atoms with Crippen LogP contribution in [-0.2, 0) is 0 Å².